The first-order valence-electron chi connectivity index (χ1n) is 10.7. The smallest absolute Gasteiger partial charge is 0.233 e. The van der Waals surface area contributed by atoms with Gasteiger partial charge in [-0.3, -0.25) is 14.5 Å². The number of hydrogen-bond acceptors (Lipinski definition) is 4. The van der Waals surface area contributed by atoms with E-state index < -0.39 is 0 Å². The van der Waals surface area contributed by atoms with Crippen molar-refractivity contribution in [2.45, 2.75) is 26.8 Å². The van der Waals surface area contributed by atoms with E-state index >= 15 is 0 Å². The number of benzene rings is 1. The van der Waals surface area contributed by atoms with Crippen LogP contribution < -0.4 is 15.4 Å². The second-order valence-corrected chi connectivity index (χ2v) is 8.25. The molecule has 4 atom stereocenters. The lowest BCUT2D eigenvalue weighted by atomic mass is 9.85. The van der Waals surface area contributed by atoms with Crippen molar-refractivity contribution in [3.8, 4) is 5.75 Å². The number of halogens is 1. The molecule has 1 heterocycles. The summed E-state index contributed by atoms with van der Waals surface area (Å²) in [5, 5.41) is 6.46. The molecular formula is C23H31IN4O3. The molecule has 0 aromatic heterocycles. The zero-order valence-corrected chi connectivity index (χ0v) is 20.6. The van der Waals surface area contributed by atoms with E-state index in [-0.39, 0.29) is 59.5 Å². The number of carbonyl (C=O) groups is 2. The summed E-state index contributed by atoms with van der Waals surface area (Å²) in [6.45, 7) is 6.09. The fourth-order valence-corrected chi connectivity index (χ4v) is 4.95. The van der Waals surface area contributed by atoms with E-state index in [4.69, 9.17) is 4.74 Å². The van der Waals surface area contributed by atoms with Crippen LogP contribution in [0.5, 0.6) is 5.75 Å². The quantitative estimate of drug-likeness (QED) is 0.183. The molecule has 1 aliphatic heterocycles. The van der Waals surface area contributed by atoms with Crippen molar-refractivity contribution >= 4 is 41.8 Å². The highest BCUT2D eigenvalue weighted by molar-refractivity contribution is 14.0. The summed E-state index contributed by atoms with van der Waals surface area (Å²) < 4.78 is 5.38. The predicted octanol–water partition coefficient (Wildman–Crippen LogP) is 2.48. The Kier molecular flexibility index (Phi) is 7.61. The highest BCUT2D eigenvalue weighted by atomic mass is 127. The Bertz CT molecular complexity index is 871. The maximum Gasteiger partial charge on any atom is 0.233 e. The second-order valence-electron chi connectivity index (χ2n) is 8.25. The van der Waals surface area contributed by atoms with E-state index in [0.29, 0.717) is 25.6 Å². The van der Waals surface area contributed by atoms with E-state index in [9.17, 15) is 9.59 Å². The van der Waals surface area contributed by atoms with Crippen molar-refractivity contribution in [1.29, 1.82) is 0 Å². The molecule has 4 unspecified atom stereocenters. The van der Waals surface area contributed by atoms with Crippen LogP contribution in [0.1, 0.15) is 24.5 Å². The van der Waals surface area contributed by atoms with Gasteiger partial charge in [0.25, 0.3) is 0 Å². The first-order chi connectivity index (χ1) is 14.5. The summed E-state index contributed by atoms with van der Waals surface area (Å²) in [4.78, 5) is 31.6. The van der Waals surface area contributed by atoms with Gasteiger partial charge in [-0.25, -0.2) is 4.99 Å². The number of rotatable bonds is 7. The van der Waals surface area contributed by atoms with Crippen LogP contribution in [-0.4, -0.2) is 49.4 Å². The van der Waals surface area contributed by atoms with Gasteiger partial charge in [-0.15, -0.1) is 24.0 Å². The van der Waals surface area contributed by atoms with Gasteiger partial charge in [0, 0.05) is 19.6 Å². The molecule has 1 saturated heterocycles. The van der Waals surface area contributed by atoms with Gasteiger partial charge in [0.15, 0.2) is 5.96 Å². The van der Waals surface area contributed by atoms with Gasteiger partial charge in [0.05, 0.1) is 25.5 Å². The first-order valence-corrected chi connectivity index (χ1v) is 10.7. The number of aliphatic imine (C=N–C) groups is 1. The van der Waals surface area contributed by atoms with Gasteiger partial charge in [0.1, 0.15) is 5.75 Å². The Labute approximate surface area is 200 Å². The van der Waals surface area contributed by atoms with Crippen LogP contribution in [0.15, 0.2) is 35.3 Å². The number of guanidine groups is 1. The molecule has 2 N–H and O–H groups in total. The fraction of sp³-hybridized carbons (Fsp3) is 0.522. The molecule has 7 nitrogen and oxygen atoms in total. The lowest BCUT2D eigenvalue weighted by molar-refractivity contribution is -0.140. The van der Waals surface area contributed by atoms with Crippen LogP contribution in [0.2, 0.25) is 0 Å². The van der Waals surface area contributed by atoms with Crippen molar-refractivity contribution < 1.29 is 14.3 Å². The van der Waals surface area contributed by atoms with E-state index in [2.05, 4.69) is 27.8 Å². The summed E-state index contributed by atoms with van der Waals surface area (Å²) in [5.41, 5.74) is 2.14. The SMILES string of the molecule is CCNC(=NCc1ccc(C)c(OC)c1)NCCN1C(=O)C2C3C=CC(C3)C2C1=O.I. The lowest BCUT2D eigenvalue weighted by Gasteiger charge is -2.18. The minimum atomic E-state index is -0.133. The summed E-state index contributed by atoms with van der Waals surface area (Å²) in [7, 11) is 1.66. The highest BCUT2D eigenvalue weighted by Gasteiger charge is 2.58. The Morgan fingerprint density at radius 1 is 1.16 bits per heavy atom. The summed E-state index contributed by atoms with van der Waals surface area (Å²) in [6.07, 6.45) is 5.20. The van der Waals surface area contributed by atoms with Gasteiger partial charge in [0.2, 0.25) is 11.8 Å². The van der Waals surface area contributed by atoms with E-state index in [1.165, 1.54) is 4.90 Å². The van der Waals surface area contributed by atoms with Crippen molar-refractivity contribution in [3.63, 3.8) is 0 Å². The van der Waals surface area contributed by atoms with Crippen molar-refractivity contribution in [1.82, 2.24) is 15.5 Å². The van der Waals surface area contributed by atoms with Gasteiger partial charge in [-0.1, -0.05) is 24.3 Å². The predicted molar refractivity (Wildman–Crippen MR) is 130 cm³/mol. The average molecular weight is 538 g/mol. The molecule has 2 fully saturated rings. The molecule has 8 heteroatoms. The summed E-state index contributed by atoms with van der Waals surface area (Å²) >= 11 is 0. The number of hydrogen-bond donors (Lipinski definition) is 2. The number of fused-ring (bicyclic) bond motifs is 5. The molecule has 0 spiro atoms. The van der Waals surface area contributed by atoms with Gasteiger partial charge in [-0.05, 0) is 49.3 Å². The van der Waals surface area contributed by atoms with Crippen LogP contribution in [0.3, 0.4) is 0 Å². The summed E-state index contributed by atoms with van der Waals surface area (Å²) in [6, 6.07) is 6.05. The zero-order chi connectivity index (χ0) is 21.3. The molecule has 1 aromatic carbocycles. The number of nitrogens with one attached hydrogen (secondary N) is 2. The minimum absolute atomic E-state index is 0. The lowest BCUT2D eigenvalue weighted by Crippen LogP contribution is -2.43. The van der Waals surface area contributed by atoms with Crippen molar-refractivity contribution in [3.05, 3.63) is 41.5 Å². The zero-order valence-electron chi connectivity index (χ0n) is 18.3. The number of likely N-dealkylation sites (tertiary alicyclic amines) is 1. The van der Waals surface area contributed by atoms with Crippen molar-refractivity contribution in [2.24, 2.45) is 28.7 Å². The highest BCUT2D eigenvalue weighted by Crippen LogP contribution is 2.52. The fourth-order valence-electron chi connectivity index (χ4n) is 4.95. The standard InChI is InChI=1S/C23H30N4O3.HI/c1-4-24-23(26-13-15-6-5-14(2)18(11-15)30-3)25-9-10-27-21(28)19-16-7-8-17(12-16)20(19)22(27)29;/h5-8,11,16-17,19-20H,4,9-10,12-13H2,1-3H3,(H2,24,25,26);1H. The van der Waals surface area contributed by atoms with Gasteiger partial charge in [-0.2, -0.15) is 0 Å². The molecule has 2 amide bonds. The Morgan fingerprint density at radius 2 is 1.84 bits per heavy atom. The maximum atomic E-state index is 12.8. The molecule has 168 valence electrons. The topological polar surface area (TPSA) is 83.0 Å². The monoisotopic (exact) mass is 538 g/mol. The molecule has 1 aromatic rings. The third kappa shape index (κ3) is 4.58. The third-order valence-corrected chi connectivity index (χ3v) is 6.43. The Balaban J connectivity index is 0.00000272. The number of carbonyl (C=O) groups excluding carboxylic acids is 2. The van der Waals surface area contributed by atoms with E-state index in [1.54, 1.807) is 7.11 Å². The normalized spacial score (nSPS) is 26.2. The molecule has 0 radical (unpaired) electrons. The number of aryl methyl sites for hydroxylation is 1. The van der Waals surface area contributed by atoms with Crippen LogP contribution in [0, 0.1) is 30.6 Å². The molecule has 2 bridgehead atoms. The molecular weight excluding hydrogens is 507 g/mol. The van der Waals surface area contributed by atoms with Crippen LogP contribution in [0.4, 0.5) is 0 Å². The second kappa shape index (κ2) is 10.0. The first kappa shape index (κ1) is 23.6. The maximum absolute atomic E-state index is 12.8. The average Bonchev–Trinajstić information content (AvgIpc) is 3.42. The Morgan fingerprint density at radius 3 is 2.45 bits per heavy atom. The number of methoxy groups -OCH3 is 1. The van der Waals surface area contributed by atoms with E-state index in [1.807, 2.05) is 32.0 Å². The van der Waals surface area contributed by atoms with Gasteiger partial charge >= 0.3 is 0 Å². The number of amides is 2. The summed E-state index contributed by atoms with van der Waals surface area (Å²) in [5.74, 6) is 1.74. The van der Waals surface area contributed by atoms with Crippen molar-refractivity contribution in [2.75, 3.05) is 26.7 Å². The van der Waals surface area contributed by atoms with Crippen LogP contribution >= 0.6 is 24.0 Å². The molecule has 31 heavy (non-hydrogen) atoms. The molecule has 2 aliphatic carbocycles. The number of nitrogens with zero attached hydrogens (tertiary/aromatic N) is 2. The third-order valence-electron chi connectivity index (χ3n) is 6.43. The molecule has 1 saturated carbocycles. The van der Waals surface area contributed by atoms with E-state index in [0.717, 1.165) is 29.8 Å². The van der Waals surface area contributed by atoms with Crippen LogP contribution in [0.25, 0.3) is 0 Å². The Hall–Kier alpha value is -2.10. The molecule has 4 rings (SSSR count). The largest absolute Gasteiger partial charge is 0.496 e. The number of ether oxygens (including phenoxy) is 1. The van der Waals surface area contributed by atoms with Gasteiger partial charge < -0.3 is 15.4 Å². The number of allylic oxidation sites excluding steroid dienone is 2. The molecule has 3 aliphatic rings. The number of imide groups is 1. The van der Waals surface area contributed by atoms with Crippen LogP contribution in [-0.2, 0) is 16.1 Å². The minimum Gasteiger partial charge on any atom is -0.496 e.